The fraction of sp³-hybridized carbons (Fsp3) is 0.727. The zero-order valence-electron chi connectivity index (χ0n) is 9.46. The quantitative estimate of drug-likeness (QED) is 0.477. The first-order chi connectivity index (χ1) is 6.36. The van der Waals surface area contributed by atoms with Crippen LogP contribution >= 0.6 is 0 Å². The largest absolute Gasteiger partial charge is 0.467 e. The van der Waals surface area contributed by atoms with Crippen molar-refractivity contribution in [3.05, 3.63) is 11.6 Å². The van der Waals surface area contributed by atoms with Crippen LogP contribution in [0, 0.1) is 5.41 Å². The molecule has 0 aromatic carbocycles. The highest BCUT2D eigenvalue weighted by molar-refractivity contribution is 5.78. The molecule has 14 heavy (non-hydrogen) atoms. The molecule has 1 aliphatic heterocycles. The molecule has 0 saturated heterocycles. The zero-order valence-corrected chi connectivity index (χ0v) is 9.46. The van der Waals surface area contributed by atoms with Gasteiger partial charge in [-0.25, -0.2) is 4.79 Å². The van der Waals surface area contributed by atoms with Crippen LogP contribution in [-0.2, 0) is 14.3 Å². The van der Waals surface area contributed by atoms with Crippen LogP contribution in [0.1, 0.15) is 27.7 Å². The van der Waals surface area contributed by atoms with E-state index in [0.717, 1.165) is 5.57 Å². The lowest BCUT2D eigenvalue weighted by Gasteiger charge is -2.25. The smallest absolute Gasteiger partial charge is 0.339 e. The number of carbonyl (C=O) groups is 1. The van der Waals surface area contributed by atoms with Crippen LogP contribution in [0.15, 0.2) is 11.6 Å². The maximum absolute atomic E-state index is 11.3. The SMILES string of the molecule is COC(=O)[C@H]1O[C@H](C(C)(C)C)C=C1C. The Labute approximate surface area is 85.1 Å². The molecule has 1 aliphatic rings. The van der Waals surface area contributed by atoms with Crippen molar-refractivity contribution in [2.45, 2.75) is 39.9 Å². The molecule has 3 heteroatoms. The highest BCUT2D eigenvalue weighted by Gasteiger charge is 2.36. The van der Waals surface area contributed by atoms with Crippen LogP contribution in [0.2, 0.25) is 0 Å². The van der Waals surface area contributed by atoms with Gasteiger partial charge in [0.1, 0.15) is 0 Å². The third kappa shape index (κ3) is 2.15. The fourth-order valence-corrected chi connectivity index (χ4v) is 1.42. The molecule has 0 amide bonds. The molecule has 0 unspecified atom stereocenters. The molecule has 0 aromatic rings. The van der Waals surface area contributed by atoms with Gasteiger partial charge in [-0.1, -0.05) is 26.8 Å². The third-order valence-corrected chi connectivity index (χ3v) is 2.38. The number of hydrogen-bond donors (Lipinski definition) is 0. The second-order valence-corrected chi connectivity index (χ2v) is 4.74. The molecule has 1 rings (SSSR count). The lowest BCUT2D eigenvalue weighted by molar-refractivity contribution is -0.153. The van der Waals surface area contributed by atoms with E-state index >= 15 is 0 Å². The molecule has 80 valence electrons. The number of hydrogen-bond acceptors (Lipinski definition) is 3. The third-order valence-electron chi connectivity index (χ3n) is 2.38. The van der Waals surface area contributed by atoms with Gasteiger partial charge in [0, 0.05) is 0 Å². The Morgan fingerprint density at radius 3 is 2.43 bits per heavy atom. The topological polar surface area (TPSA) is 35.5 Å². The van der Waals surface area contributed by atoms with Gasteiger partial charge in [0.15, 0.2) is 6.10 Å². The summed E-state index contributed by atoms with van der Waals surface area (Å²) in [5.74, 6) is -0.314. The second kappa shape index (κ2) is 3.73. The standard InChI is InChI=1S/C11H18O3/c1-7-6-8(11(2,3)4)14-9(7)10(12)13-5/h6,8-9H,1-5H3/t8-,9-/m0/s1. The molecule has 1 heterocycles. The van der Waals surface area contributed by atoms with E-state index in [0.29, 0.717) is 0 Å². The van der Waals surface area contributed by atoms with Crippen molar-refractivity contribution in [3.63, 3.8) is 0 Å². The monoisotopic (exact) mass is 198 g/mol. The maximum atomic E-state index is 11.3. The van der Waals surface area contributed by atoms with Gasteiger partial charge in [0.25, 0.3) is 0 Å². The van der Waals surface area contributed by atoms with Crippen molar-refractivity contribution in [1.82, 2.24) is 0 Å². The van der Waals surface area contributed by atoms with Crippen LogP contribution in [0.5, 0.6) is 0 Å². The van der Waals surface area contributed by atoms with Gasteiger partial charge in [-0.3, -0.25) is 0 Å². The van der Waals surface area contributed by atoms with E-state index in [1.807, 2.05) is 13.0 Å². The van der Waals surface area contributed by atoms with Crippen molar-refractivity contribution >= 4 is 5.97 Å². The van der Waals surface area contributed by atoms with Crippen LogP contribution in [0.25, 0.3) is 0 Å². The molecule has 0 spiro atoms. The minimum Gasteiger partial charge on any atom is -0.467 e. The summed E-state index contributed by atoms with van der Waals surface area (Å²) in [5.41, 5.74) is 0.959. The maximum Gasteiger partial charge on any atom is 0.339 e. The number of carbonyl (C=O) groups excluding carboxylic acids is 1. The molecular formula is C11H18O3. The van der Waals surface area contributed by atoms with Gasteiger partial charge in [-0.05, 0) is 17.9 Å². The van der Waals surface area contributed by atoms with Crippen LogP contribution in [-0.4, -0.2) is 25.3 Å². The summed E-state index contributed by atoms with van der Waals surface area (Å²) in [7, 11) is 1.38. The molecule has 0 aromatic heterocycles. The summed E-state index contributed by atoms with van der Waals surface area (Å²) in [5, 5.41) is 0. The summed E-state index contributed by atoms with van der Waals surface area (Å²) in [6.07, 6.45) is 1.48. The van der Waals surface area contributed by atoms with Crippen molar-refractivity contribution in [2.24, 2.45) is 5.41 Å². The Kier molecular flexibility index (Phi) is 3.00. The number of methoxy groups -OCH3 is 1. The molecular weight excluding hydrogens is 180 g/mol. The van der Waals surface area contributed by atoms with E-state index in [1.54, 1.807) is 0 Å². The van der Waals surface area contributed by atoms with E-state index in [9.17, 15) is 4.79 Å². The van der Waals surface area contributed by atoms with Gasteiger partial charge in [-0.15, -0.1) is 0 Å². The minimum absolute atomic E-state index is 0.00778. The molecule has 3 nitrogen and oxygen atoms in total. The van der Waals surface area contributed by atoms with Gasteiger partial charge in [0.05, 0.1) is 13.2 Å². The number of ether oxygens (including phenoxy) is 2. The predicted octanol–water partition coefficient (Wildman–Crippen LogP) is 1.92. The summed E-state index contributed by atoms with van der Waals surface area (Å²) in [6, 6.07) is 0. The summed E-state index contributed by atoms with van der Waals surface area (Å²) >= 11 is 0. The molecule has 0 radical (unpaired) electrons. The first-order valence-electron chi connectivity index (χ1n) is 4.78. The van der Waals surface area contributed by atoms with E-state index in [-0.39, 0.29) is 17.5 Å². The van der Waals surface area contributed by atoms with E-state index < -0.39 is 6.10 Å². The Morgan fingerprint density at radius 1 is 1.50 bits per heavy atom. The fourth-order valence-electron chi connectivity index (χ4n) is 1.42. The Hall–Kier alpha value is -0.830. The van der Waals surface area contributed by atoms with E-state index in [1.165, 1.54) is 7.11 Å². The van der Waals surface area contributed by atoms with Crippen molar-refractivity contribution in [3.8, 4) is 0 Å². The second-order valence-electron chi connectivity index (χ2n) is 4.74. The number of esters is 1. The number of rotatable bonds is 1. The van der Waals surface area contributed by atoms with Gasteiger partial charge < -0.3 is 9.47 Å². The van der Waals surface area contributed by atoms with Crippen molar-refractivity contribution < 1.29 is 14.3 Å². The summed E-state index contributed by atoms with van der Waals surface area (Å²) < 4.78 is 10.3. The summed E-state index contributed by atoms with van der Waals surface area (Å²) in [4.78, 5) is 11.3. The molecule has 0 N–H and O–H groups in total. The Balaban J connectivity index is 2.74. The van der Waals surface area contributed by atoms with Gasteiger partial charge in [0.2, 0.25) is 0 Å². The lowest BCUT2D eigenvalue weighted by Crippen LogP contribution is -2.31. The average Bonchev–Trinajstić information content (AvgIpc) is 2.45. The first-order valence-corrected chi connectivity index (χ1v) is 4.78. The molecule has 0 aliphatic carbocycles. The van der Waals surface area contributed by atoms with Crippen molar-refractivity contribution in [1.29, 1.82) is 0 Å². The summed E-state index contributed by atoms with van der Waals surface area (Å²) in [6.45, 7) is 8.15. The van der Waals surface area contributed by atoms with E-state index in [2.05, 4.69) is 25.5 Å². The van der Waals surface area contributed by atoms with E-state index in [4.69, 9.17) is 4.74 Å². The minimum atomic E-state index is -0.510. The van der Waals surface area contributed by atoms with Crippen LogP contribution in [0.4, 0.5) is 0 Å². The van der Waals surface area contributed by atoms with Crippen LogP contribution < -0.4 is 0 Å². The average molecular weight is 198 g/mol. The predicted molar refractivity (Wildman–Crippen MR) is 53.9 cm³/mol. The highest BCUT2D eigenvalue weighted by atomic mass is 16.6. The normalized spacial score (nSPS) is 27.4. The lowest BCUT2D eigenvalue weighted by atomic mass is 9.89. The molecule has 0 saturated carbocycles. The Morgan fingerprint density at radius 2 is 2.07 bits per heavy atom. The molecule has 0 bridgehead atoms. The molecule has 2 atom stereocenters. The first kappa shape index (κ1) is 11.2. The highest BCUT2D eigenvalue weighted by Crippen LogP contribution is 2.32. The molecule has 0 fully saturated rings. The van der Waals surface area contributed by atoms with Crippen molar-refractivity contribution in [2.75, 3.05) is 7.11 Å². The van der Waals surface area contributed by atoms with Crippen LogP contribution in [0.3, 0.4) is 0 Å². The van der Waals surface area contributed by atoms with Gasteiger partial charge in [-0.2, -0.15) is 0 Å². The Bertz CT molecular complexity index is 260. The van der Waals surface area contributed by atoms with Gasteiger partial charge >= 0.3 is 5.97 Å². The zero-order chi connectivity index (χ0) is 10.9.